The van der Waals surface area contributed by atoms with Gasteiger partial charge >= 0.3 is 0 Å². The monoisotopic (exact) mass is 324 g/mol. The van der Waals surface area contributed by atoms with E-state index in [1.165, 1.54) is 6.33 Å². The van der Waals surface area contributed by atoms with Crippen molar-refractivity contribution in [2.45, 2.75) is 42.9 Å². The summed E-state index contributed by atoms with van der Waals surface area (Å²) in [5, 5.41) is 8.30. The van der Waals surface area contributed by atoms with Crippen molar-refractivity contribution in [2.75, 3.05) is 0 Å². The lowest BCUT2D eigenvalue weighted by Crippen LogP contribution is -2.51. The molecular formula is C15H15ClF2N4. The summed E-state index contributed by atoms with van der Waals surface area (Å²) in [7, 11) is 1.78. The highest BCUT2D eigenvalue weighted by molar-refractivity contribution is 6.29. The van der Waals surface area contributed by atoms with Gasteiger partial charge in [-0.1, -0.05) is 11.6 Å². The topological polar surface area (TPSA) is 43.6 Å². The van der Waals surface area contributed by atoms with Gasteiger partial charge in [-0.3, -0.25) is 0 Å². The quantitative estimate of drug-likeness (QED) is 0.812. The molecule has 2 aliphatic rings. The van der Waals surface area contributed by atoms with Crippen LogP contribution in [0.3, 0.4) is 0 Å². The Morgan fingerprint density at radius 1 is 1.27 bits per heavy atom. The van der Waals surface area contributed by atoms with Crippen LogP contribution in [0.1, 0.15) is 48.7 Å². The Labute approximate surface area is 131 Å². The maximum absolute atomic E-state index is 13.7. The molecular weight excluding hydrogens is 310 g/mol. The zero-order valence-electron chi connectivity index (χ0n) is 12.1. The first-order valence-electron chi connectivity index (χ1n) is 7.30. The van der Waals surface area contributed by atoms with Crippen LogP contribution in [0.5, 0.6) is 0 Å². The number of pyridine rings is 1. The average molecular weight is 325 g/mol. The molecule has 0 radical (unpaired) electrons. The summed E-state index contributed by atoms with van der Waals surface area (Å²) in [4.78, 5) is 4.34. The SMILES string of the molecule is Cn1cnnc1C1(c2cc(Cl)nc(C3CC3)c2)CC(F)(F)C1. The van der Waals surface area contributed by atoms with E-state index in [9.17, 15) is 8.78 Å². The number of halogens is 3. The number of nitrogens with zero attached hydrogens (tertiary/aromatic N) is 4. The summed E-state index contributed by atoms with van der Waals surface area (Å²) in [6.45, 7) is 0. The molecule has 2 saturated carbocycles. The largest absolute Gasteiger partial charge is 0.320 e. The summed E-state index contributed by atoms with van der Waals surface area (Å²) in [6.07, 6.45) is 3.17. The lowest BCUT2D eigenvalue weighted by molar-refractivity contribution is -0.116. The molecule has 0 aromatic carbocycles. The van der Waals surface area contributed by atoms with Crippen molar-refractivity contribution in [2.24, 2.45) is 7.05 Å². The van der Waals surface area contributed by atoms with Crippen LogP contribution in [-0.4, -0.2) is 25.7 Å². The molecule has 7 heteroatoms. The van der Waals surface area contributed by atoms with Gasteiger partial charge in [-0.15, -0.1) is 10.2 Å². The van der Waals surface area contributed by atoms with Crippen LogP contribution in [-0.2, 0) is 12.5 Å². The second kappa shape index (κ2) is 4.47. The Hall–Kier alpha value is -1.56. The first kappa shape index (κ1) is 14.1. The molecule has 0 N–H and O–H groups in total. The third-order valence-electron chi connectivity index (χ3n) is 4.62. The zero-order valence-corrected chi connectivity index (χ0v) is 12.8. The number of hydrogen-bond donors (Lipinski definition) is 0. The Bertz CT molecular complexity index is 731. The van der Waals surface area contributed by atoms with Crippen LogP contribution in [0.15, 0.2) is 18.5 Å². The minimum Gasteiger partial charge on any atom is -0.320 e. The lowest BCUT2D eigenvalue weighted by atomic mass is 9.61. The molecule has 22 heavy (non-hydrogen) atoms. The second-order valence-electron chi connectivity index (χ2n) is 6.43. The van der Waals surface area contributed by atoms with E-state index in [2.05, 4.69) is 15.2 Å². The number of aryl methyl sites for hydroxylation is 1. The molecule has 116 valence electrons. The highest BCUT2D eigenvalue weighted by atomic mass is 35.5. The van der Waals surface area contributed by atoms with E-state index in [4.69, 9.17) is 11.6 Å². The smallest absolute Gasteiger partial charge is 0.250 e. The number of aromatic nitrogens is 4. The van der Waals surface area contributed by atoms with E-state index in [0.717, 1.165) is 24.1 Å². The predicted octanol–water partition coefficient (Wildman–Crippen LogP) is 3.46. The zero-order chi connectivity index (χ0) is 15.5. The van der Waals surface area contributed by atoms with Crippen LogP contribution < -0.4 is 0 Å². The van der Waals surface area contributed by atoms with E-state index in [-0.39, 0.29) is 12.8 Å². The molecule has 2 aliphatic carbocycles. The van der Waals surface area contributed by atoms with E-state index in [0.29, 0.717) is 16.9 Å². The molecule has 4 nitrogen and oxygen atoms in total. The molecule has 2 heterocycles. The fraction of sp³-hybridized carbons (Fsp3) is 0.533. The van der Waals surface area contributed by atoms with Gasteiger partial charge in [-0.25, -0.2) is 13.8 Å². The van der Waals surface area contributed by atoms with Gasteiger partial charge in [0.1, 0.15) is 17.3 Å². The minimum atomic E-state index is -2.68. The molecule has 0 saturated heterocycles. The van der Waals surface area contributed by atoms with Gasteiger partial charge < -0.3 is 4.57 Å². The summed E-state index contributed by atoms with van der Waals surface area (Å²) >= 11 is 6.14. The fourth-order valence-corrected chi connectivity index (χ4v) is 3.64. The van der Waals surface area contributed by atoms with Crippen LogP contribution >= 0.6 is 11.6 Å². The molecule has 0 amide bonds. The average Bonchev–Trinajstić information content (AvgIpc) is 3.17. The standard InChI is InChI=1S/C15H15ClF2N4/c1-22-8-19-21-13(22)14(6-15(17,18)7-14)10-4-11(9-2-3-9)20-12(16)5-10/h4-5,8-9H,2-3,6-7H2,1H3. The molecule has 0 unspecified atom stereocenters. The summed E-state index contributed by atoms with van der Waals surface area (Å²) in [5.74, 6) is -1.71. The third kappa shape index (κ3) is 2.12. The molecule has 2 fully saturated rings. The van der Waals surface area contributed by atoms with Gasteiger partial charge in [-0.2, -0.15) is 0 Å². The molecule has 2 aromatic heterocycles. The van der Waals surface area contributed by atoms with Crippen molar-refractivity contribution in [1.29, 1.82) is 0 Å². The van der Waals surface area contributed by atoms with Crippen molar-refractivity contribution < 1.29 is 8.78 Å². The lowest BCUT2D eigenvalue weighted by Gasteiger charge is -2.46. The van der Waals surface area contributed by atoms with Crippen molar-refractivity contribution in [3.05, 3.63) is 40.7 Å². The minimum absolute atomic E-state index is 0.267. The van der Waals surface area contributed by atoms with Crippen LogP contribution in [0.25, 0.3) is 0 Å². The highest BCUT2D eigenvalue weighted by Gasteiger charge is 2.60. The van der Waals surface area contributed by atoms with Gasteiger partial charge in [0.2, 0.25) is 0 Å². The van der Waals surface area contributed by atoms with E-state index >= 15 is 0 Å². The maximum Gasteiger partial charge on any atom is 0.250 e. The maximum atomic E-state index is 13.7. The highest BCUT2D eigenvalue weighted by Crippen LogP contribution is 2.57. The van der Waals surface area contributed by atoms with Crippen molar-refractivity contribution in [3.8, 4) is 0 Å². The van der Waals surface area contributed by atoms with Gasteiger partial charge in [0, 0.05) is 31.5 Å². The van der Waals surface area contributed by atoms with Gasteiger partial charge in [-0.05, 0) is 30.5 Å². The molecule has 4 rings (SSSR count). The molecule has 0 atom stereocenters. The number of rotatable bonds is 3. The van der Waals surface area contributed by atoms with Gasteiger partial charge in [0.05, 0.1) is 5.41 Å². The van der Waals surface area contributed by atoms with Crippen molar-refractivity contribution >= 4 is 11.6 Å². The normalized spacial score (nSPS) is 22.4. The number of hydrogen-bond acceptors (Lipinski definition) is 3. The Morgan fingerprint density at radius 3 is 2.55 bits per heavy atom. The van der Waals surface area contributed by atoms with Crippen LogP contribution in [0.4, 0.5) is 8.78 Å². The fourth-order valence-electron chi connectivity index (χ4n) is 3.42. The predicted molar refractivity (Wildman–Crippen MR) is 77.2 cm³/mol. The van der Waals surface area contributed by atoms with E-state index in [1.807, 2.05) is 6.07 Å². The molecule has 0 aliphatic heterocycles. The van der Waals surface area contributed by atoms with Gasteiger partial charge in [0.15, 0.2) is 0 Å². The van der Waals surface area contributed by atoms with Crippen molar-refractivity contribution in [1.82, 2.24) is 19.7 Å². The first-order chi connectivity index (χ1) is 10.4. The first-order valence-corrected chi connectivity index (χ1v) is 7.68. The summed E-state index contributed by atoms with van der Waals surface area (Å²) in [5.41, 5.74) is 0.848. The molecule has 0 bridgehead atoms. The summed E-state index contributed by atoms with van der Waals surface area (Å²) in [6, 6.07) is 3.62. The Kier molecular flexibility index (Phi) is 2.86. The summed E-state index contributed by atoms with van der Waals surface area (Å²) < 4.78 is 29.1. The Balaban J connectivity index is 1.84. The second-order valence-corrected chi connectivity index (χ2v) is 6.82. The van der Waals surface area contributed by atoms with Crippen molar-refractivity contribution in [3.63, 3.8) is 0 Å². The van der Waals surface area contributed by atoms with Crippen LogP contribution in [0, 0.1) is 0 Å². The van der Waals surface area contributed by atoms with E-state index in [1.54, 1.807) is 17.7 Å². The Morgan fingerprint density at radius 2 is 2.00 bits per heavy atom. The molecule has 0 spiro atoms. The van der Waals surface area contributed by atoms with Gasteiger partial charge in [0.25, 0.3) is 5.92 Å². The molecule has 2 aromatic rings. The van der Waals surface area contributed by atoms with Crippen LogP contribution in [0.2, 0.25) is 5.15 Å². The van der Waals surface area contributed by atoms with E-state index < -0.39 is 11.3 Å². The third-order valence-corrected chi connectivity index (χ3v) is 4.82. The number of alkyl halides is 2.